The number of rotatable bonds is 5. The number of para-hydroxylation sites is 1. The molecule has 0 radical (unpaired) electrons. The average molecular weight is 385 g/mol. The lowest BCUT2D eigenvalue weighted by molar-refractivity contribution is -0.0171. The summed E-state index contributed by atoms with van der Waals surface area (Å²) in [6.45, 7) is 4.74. The summed E-state index contributed by atoms with van der Waals surface area (Å²) in [4.78, 5) is 4.69. The number of thioether (sulfide) groups is 1. The molecule has 0 spiro atoms. The number of aromatic nitrogens is 3. The second kappa shape index (κ2) is 7.70. The third-order valence-electron chi connectivity index (χ3n) is 4.24. The molecule has 0 N–H and O–H groups in total. The van der Waals surface area contributed by atoms with E-state index in [1.165, 1.54) is 23.9 Å². The lowest BCUT2D eigenvalue weighted by Gasteiger charge is -2.20. The Morgan fingerprint density at radius 2 is 2.04 bits per heavy atom. The van der Waals surface area contributed by atoms with E-state index in [0.717, 1.165) is 22.6 Å². The number of nitrogens with zero attached hydrogens (tertiary/aromatic N) is 3. The quantitative estimate of drug-likeness (QED) is 0.597. The molecule has 0 saturated carbocycles. The number of hydrogen-bond acceptors (Lipinski definition) is 5. The van der Waals surface area contributed by atoms with Crippen LogP contribution >= 0.6 is 11.8 Å². The molecule has 0 bridgehead atoms. The average Bonchev–Trinajstić information content (AvgIpc) is 3.11. The van der Waals surface area contributed by atoms with Crippen LogP contribution in [-0.4, -0.2) is 21.6 Å². The molecule has 3 aromatic rings. The smallest absolute Gasteiger partial charge is 0.209 e. The van der Waals surface area contributed by atoms with Crippen LogP contribution in [-0.2, 0) is 17.1 Å². The van der Waals surface area contributed by atoms with Crippen molar-refractivity contribution in [1.29, 1.82) is 0 Å². The summed E-state index contributed by atoms with van der Waals surface area (Å²) in [5, 5.41) is 5.32. The lowest BCUT2D eigenvalue weighted by Crippen LogP contribution is -2.13. The predicted octanol–water partition coefficient (Wildman–Crippen LogP) is 4.69. The van der Waals surface area contributed by atoms with E-state index in [-0.39, 0.29) is 18.5 Å². The van der Waals surface area contributed by atoms with Crippen LogP contribution in [0.3, 0.4) is 0 Å². The molecule has 0 aliphatic carbocycles. The minimum atomic E-state index is -0.288. The van der Waals surface area contributed by atoms with Crippen molar-refractivity contribution in [2.24, 2.45) is 0 Å². The van der Waals surface area contributed by atoms with Gasteiger partial charge < -0.3 is 9.47 Å². The minimum Gasteiger partial charge on any atom is -0.467 e. The van der Waals surface area contributed by atoms with Gasteiger partial charge in [-0.3, -0.25) is 0 Å². The van der Waals surface area contributed by atoms with Gasteiger partial charge in [-0.25, -0.2) is 14.1 Å². The van der Waals surface area contributed by atoms with Crippen molar-refractivity contribution < 1.29 is 13.9 Å². The Balaban J connectivity index is 1.60. The van der Waals surface area contributed by atoms with Gasteiger partial charge >= 0.3 is 0 Å². The molecule has 1 aliphatic heterocycles. The maximum absolute atomic E-state index is 13.9. The molecule has 0 fully saturated rings. The van der Waals surface area contributed by atoms with E-state index in [1.807, 2.05) is 35.0 Å². The Kier molecular flexibility index (Phi) is 5.13. The summed E-state index contributed by atoms with van der Waals surface area (Å²) < 4.78 is 26.6. The first kappa shape index (κ1) is 18.0. The van der Waals surface area contributed by atoms with Gasteiger partial charge in [0.15, 0.2) is 6.79 Å². The van der Waals surface area contributed by atoms with Gasteiger partial charge in [0.2, 0.25) is 5.16 Å². The fourth-order valence-corrected chi connectivity index (χ4v) is 3.80. The molecule has 0 atom stereocenters. The first-order chi connectivity index (χ1) is 13.1. The van der Waals surface area contributed by atoms with Gasteiger partial charge in [-0.15, -0.1) is 5.10 Å². The predicted molar refractivity (Wildman–Crippen MR) is 102 cm³/mol. The van der Waals surface area contributed by atoms with Crippen molar-refractivity contribution in [1.82, 2.24) is 14.8 Å². The Morgan fingerprint density at radius 3 is 2.81 bits per heavy atom. The van der Waals surface area contributed by atoms with Gasteiger partial charge in [0, 0.05) is 22.8 Å². The van der Waals surface area contributed by atoms with Crippen molar-refractivity contribution in [2.45, 2.75) is 37.3 Å². The van der Waals surface area contributed by atoms with Crippen LogP contribution in [0.15, 0.2) is 47.6 Å². The highest BCUT2D eigenvalue weighted by Gasteiger charge is 2.19. The molecule has 0 unspecified atom stereocenters. The van der Waals surface area contributed by atoms with Gasteiger partial charge in [-0.1, -0.05) is 43.8 Å². The number of hydrogen-bond donors (Lipinski definition) is 0. The normalized spacial score (nSPS) is 13.5. The third kappa shape index (κ3) is 3.84. The van der Waals surface area contributed by atoms with Gasteiger partial charge in [-0.05, 0) is 24.3 Å². The summed E-state index contributed by atoms with van der Waals surface area (Å²) >= 11 is 1.47. The topological polar surface area (TPSA) is 49.2 Å². The number of halogens is 1. The summed E-state index contributed by atoms with van der Waals surface area (Å²) in [5.74, 6) is 2.08. The largest absolute Gasteiger partial charge is 0.467 e. The standard InChI is InChI=1S/C20H20FN3O2S/c1-13(2)19-22-20(23-24(19)17-6-4-3-5-7-17)27-11-15-9-16(21)8-14-10-25-12-26-18(14)15/h3-9,13H,10-12H2,1-2H3. The van der Waals surface area contributed by atoms with Crippen molar-refractivity contribution in [3.8, 4) is 11.4 Å². The van der Waals surface area contributed by atoms with Crippen molar-refractivity contribution >= 4 is 11.8 Å². The maximum atomic E-state index is 13.9. The van der Waals surface area contributed by atoms with E-state index in [9.17, 15) is 4.39 Å². The van der Waals surface area contributed by atoms with Gasteiger partial charge in [0.05, 0.1) is 12.3 Å². The highest BCUT2D eigenvalue weighted by molar-refractivity contribution is 7.98. The molecular formula is C20H20FN3O2S. The number of fused-ring (bicyclic) bond motifs is 1. The summed E-state index contributed by atoms with van der Waals surface area (Å²) in [7, 11) is 0. The summed E-state index contributed by atoms with van der Waals surface area (Å²) in [6.07, 6.45) is 0. The Hall–Kier alpha value is -2.38. The lowest BCUT2D eigenvalue weighted by atomic mass is 10.1. The molecule has 0 saturated heterocycles. The molecule has 4 rings (SSSR count). The highest BCUT2D eigenvalue weighted by atomic mass is 32.2. The van der Waals surface area contributed by atoms with Crippen molar-refractivity contribution in [3.05, 3.63) is 65.2 Å². The number of benzene rings is 2. The summed E-state index contributed by atoms with van der Waals surface area (Å²) in [5.41, 5.74) is 2.51. The third-order valence-corrected chi connectivity index (χ3v) is 5.12. The SMILES string of the molecule is CC(C)c1nc(SCc2cc(F)cc3c2OCOC3)nn1-c1ccccc1. The molecule has 1 aliphatic rings. The zero-order valence-corrected chi connectivity index (χ0v) is 16.0. The van der Waals surface area contributed by atoms with E-state index >= 15 is 0 Å². The van der Waals surface area contributed by atoms with E-state index in [1.54, 1.807) is 0 Å². The highest BCUT2D eigenvalue weighted by Crippen LogP contribution is 2.33. The van der Waals surface area contributed by atoms with Crippen LogP contribution in [0.5, 0.6) is 5.75 Å². The molecule has 5 nitrogen and oxygen atoms in total. The first-order valence-corrected chi connectivity index (χ1v) is 9.77. The van der Waals surface area contributed by atoms with Crippen molar-refractivity contribution in [2.75, 3.05) is 6.79 Å². The summed E-state index contributed by atoms with van der Waals surface area (Å²) in [6, 6.07) is 12.9. The molecule has 0 amide bonds. The zero-order valence-electron chi connectivity index (χ0n) is 15.2. The Labute approximate surface area is 161 Å². The molecule has 2 aromatic carbocycles. The van der Waals surface area contributed by atoms with Crippen LogP contribution in [0.25, 0.3) is 5.69 Å². The van der Waals surface area contributed by atoms with Crippen LogP contribution in [0.2, 0.25) is 0 Å². The van der Waals surface area contributed by atoms with Gasteiger partial charge in [-0.2, -0.15) is 0 Å². The molecular weight excluding hydrogens is 365 g/mol. The minimum absolute atomic E-state index is 0.189. The van der Waals surface area contributed by atoms with Crippen LogP contribution < -0.4 is 4.74 Å². The van der Waals surface area contributed by atoms with Crippen LogP contribution in [0.4, 0.5) is 4.39 Å². The van der Waals surface area contributed by atoms with E-state index < -0.39 is 0 Å². The monoisotopic (exact) mass is 385 g/mol. The Morgan fingerprint density at radius 1 is 1.22 bits per heavy atom. The van der Waals surface area contributed by atoms with E-state index in [4.69, 9.17) is 14.5 Å². The number of ether oxygens (including phenoxy) is 2. The second-order valence-corrected chi connectivity index (χ2v) is 7.55. The molecule has 1 aromatic heterocycles. The fraction of sp³-hybridized carbons (Fsp3) is 0.300. The van der Waals surface area contributed by atoms with Crippen LogP contribution in [0.1, 0.15) is 36.7 Å². The van der Waals surface area contributed by atoms with Gasteiger partial charge in [0.25, 0.3) is 0 Å². The van der Waals surface area contributed by atoms with Gasteiger partial charge in [0.1, 0.15) is 17.4 Å². The van der Waals surface area contributed by atoms with Crippen LogP contribution in [0, 0.1) is 5.82 Å². The molecule has 27 heavy (non-hydrogen) atoms. The van der Waals surface area contributed by atoms with E-state index in [0.29, 0.717) is 23.3 Å². The van der Waals surface area contributed by atoms with Crippen molar-refractivity contribution in [3.63, 3.8) is 0 Å². The maximum Gasteiger partial charge on any atom is 0.209 e. The molecule has 2 heterocycles. The Bertz CT molecular complexity index is 944. The molecule has 140 valence electrons. The zero-order chi connectivity index (χ0) is 18.8. The second-order valence-electron chi connectivity index (χ2n) is 6.61. The fourth-order valence-electron chi connectivity index (χ4n) is 3.00. The van der Waals surface area contributed by atoms with E-state index in [2.05, 4.69) is 18.9 Å². The first-order valence-electron chi connectivity index (χ1n) is 8.79. The molecule has 7 heteroatoms.